The lowest BCUT2D eigenvalue weighted by atomic mass is 10.1. The minimum atomic E-state index is -0.446. The van der Waals surface area contributed by atoms with Gasteiger partial charge in [-0.25, -0.2) is 0 Å². The molecular formula is C19H22N2O2S2. The Balaban J connectivity index is 1.77. The molecule has 2 amide bonds. The zero-order chi connectivity index (χ0) is 17.8. The highest BCUT2D eigenvalue weighted by Gasteiger charge is 2.25. The molecule has 25 heavy (non-hydrogen) atoms. The van der Waals surface area contributed by atoms with Crippen LogP contribution in [0.25, 0.3) is 0 Å². The Morgan fingerprint density at radius 1 is 1.16 bits per heavy atom. The first kappa shape index (κ1) is 18.0. The maximum absolute atomic E-state index is 12.6. The van der Waals surface area contributed by atoms with Gasteiger partial charge >= 0.3 is 0 Å². The number of thioether (sulfide) groups is 1. The molecule has 0 saturated carbocycles. The normalized spacial score (nSPS) is 15.1. The second-order valence-corrected chi connectivity index (χ2v) is 8.71. The lowest BCUT2D eigenvalue weighted by molar-refractivity contribution is -0.115. The number of nitrogens with one attached hydrogen (secondary N) is 1. The highest BCUT2D eigenvalue weighted by atomic mass is 32.2. The van der Waals surface area contributed by atoms with Gasteiger partial charge in [0.15, 0.2) is 0 Å². The summed E-state index contributed by atoms with van der Waals surface area (Å²) in [6, 6.07) is 9.82. The maximum atomic E-state index is 12.6. The van der Waals surface area contributed by atoms with E-state index in [1.807, 2.05) is 37.3 Å². The lowest BCUT2D eigenvalue weighted by Gasteiger charge is -2.12. The Labute approximate surface area is 156 Å². The van der Waals surface area contributed by atoms with Crippen molar-refractivity contribution in [2.45, 2.75) is 49.2 Å². The van der Waals surface area contributed by atoms with Crippen molar-refractivity contribution in [1.82, 2.24) is 0 Å². The first-order valence-electron chi connectivity index (χ1n) is 8.53. The van der Waals surface area contributed by atoms with Crippen LogP contribution in [0.3, 0.4) is 0 Å². The van der Waals surface area contributed by atoms with Crippen molar-refractivity contribution in [3.8, 4) is 0 Å². The SMILES string of the molecule is CC(Sc1ccccc1)C(=O)Nc1sc2c(c1C(N)=O)CCCCC2. The zero-order valence-electron chi connectivity index (χ0n) is 14.2. The molecule has 0 aliphatic heterocycles. The van der Waals surface area contributed by atoms with Gasteiger partial charge in [0.1, 0.15) is 5.00 Å². The minimum absolute atomic E-state index is 0.104. The summed E-state index contributed by atoms with van der Waals surface area (Å²) in [7, 11) is 0. The highest BCUT2D eigenvalue weighted by Crippen LogP contribution is 2.37. The molecule has 1 atom stereocenters. The van der Waals surface area contributed by atoms with Gasteiger partial charge in [-0.15, -0.1) is 23.1 Å². The van der Waals surface area contributed by atoms with E-state index in [-0.39, 0.29) is 11.2 Å². The standard InChI is InChI=1S/C19H22N2O2S2/c1-12(24-13-8-4-2-5-9-13)18(23)21-19-16(17(20)22)14-10-6-3-7-11-15(14)25-19/h2,4-5,8-9,12H,3,6-7,10-11H2,1H3,(H2,20,22)(H,21,23). The number of primary amides is 1. The van der Waals surface area contributed by atoms with E-state index >= 15 is 0 Å². The molecular weight excluding hydrogens is 352 g/mol. The van der Waals surface area contributed by atoms with Crippen molar-refractivity contribution in [2.24, 2.45) is 5.73 Å². The highest BCUT2D eigenvalue weighted by molar-refractivity contribution is 8.00. The summed E-state index contributed by atoms with van der Waals surface area (Å²) < 4.78 is 0. The molecule has 1 aliphatic carbocycles. The molecule has 3 rings (SSSR count). The van der Waals surface area contributed by atoms with Gasteiger partial charge in [-0.2, -0.15) is 0 Å². The van der Waals surface area contributed by atoms with Gasteiger partial charge in [-0.05, 0) is 50.3 Å². The molecule has 1 aliphatic rings. The van der Waals surface area contributed by atoms with E-state index in [0.717, 1.165) is 36.1 Å². The molecule has 0 radical (unpaired) electrons. The van der Waals surface area contributed by atoms with Crippen LogP contribution in [0.1, 0.15) is 47.0 Å². The van der Waals surface area contributed by atoms with Crippen LogP contribution in [0.4, 0.5) is 5.00 Å². The Bertz CT molecular complexity index is 771. The minimum Gasteiger partial charge on any atom is -0.365 e. The van der Waals surface area contributed by atoms with E-state index in [0.29, 0.717) is 10.6 Å². The fourth-order valence-corrected chi connectivity index (χ4v) is 5.25. The number of amides is 2. The largest absolute Gasteiger partial charge is 0.365 e. The second-order valence-electron chi connectivity index (χ2n) is 6.20. The summed E-state index contributed by atoms with van der Waals surface area (Å²) in [5, 5.41) is 3.30. The van der Waals surface area contributed by atoms with Crippen molar-refractivity contribution in [3.63, 3.8) is 0 Å². The topological polar surface area (TPSA) is 72.2 Å². The third-order valence-electron chi connectivity index (χ3n) is 4.33. The van der Waals surface area contributed by atoms with Crippen LogP contribution in [0.5, 0.6) is 0 Å². The van der Waals surface area contributed by atoms with Gasteiger partial charge < -0.3 is 11.1 Å². The molecule has 1 aromatic heterocycles. The molecule has 3 N–H and O–H groups in total. The fourth-order valence-electron chi connectivity index (χ4n) is 3.06. The van der Waals surface area contributed by atoms with Crippen LogP contribution in [0.15, 0.2) is 35.2 Å². The van der Waals surface area contributed by atoms with Gasteiger partial charge in [0.25, 0.3) is 5.91 Å². The average Bonchev–Trinajstić information content (AvgIpc) is 2.77. The summed E-state index contributed by atoms with van der Waals surface area (Å²) in [5.41, 5.74) is 7.19. The molecule has 6 heteroatoms. The van der Waals surface area contributed by atoms with Gasteiger partial charge in [0.05, 0.1) is 10.8 Å². The first-order chi connectivity index (χ1) is 12.1. The number of thiophene rings is 1. The van der Waals surface area contributed by atoms with Gasteiger partial charge in [-0.1, -0.05) is 24.6 Å². The quantitative estimate of drug-likeness (QED) is 0.607. The number of fused-ring (bicyclic) bond motifs is 1. The van der Waals surface area contributed by atoms with E-state index in [2.05, 4.69) is 5.32 Å². The number of nitrogens with two attached hydrogens (primary N) is 1. The maximum Gasteiger partial charge on any atom is 0.251 e. The summed E-state index contributed by atoms with van der Waals surface area (Å²) in [5.74, 6) is -0.550. The van der Waals surface area contributed by atoms with E-state index in [1.165, 1.54) is 34.4 Å². The first-order valence-corrected chi connectivity index (χ1v) is 10.2. The van der Waals surface area contributed by atoms with E-state index in [1.54, 1.807) is 0 Å². The van der Waals surface area contributed by atoms with Crippen LogP contribution < -0.4 is 11.1 Å². The molecule has 0 spiro atoms. The molecule has 1 unspecified atom stereocenters. The van der Waals surface area contributed by atoms with Crippen LogP contribution in [-0.2, 0) is 17.6 Å². The molecule has 0 saturated heterocycles. The van der Waals surface area contributed by atoms with Crippen molar-refractivity contribution >= 4 is 39.9 Å². The van der Waals surface area contributed by atoms with Crippen LogP contribution >= 0.6 is 23.1 Å². The molecule has 1 heterocycles. The third kappa shape index (κ3) is 4.25. The average molecular weight is 375 g/mol. The van der Waals surface area contributed by atoms with Crippen LogP contribution in [0.2, 0.25) is 0 Å². The number of hydrogen-bond donors (Lipinski definition) is 2. The molecule has 2 aromatic rings. The fraction of sp³-hybridized carbons (Fsp3) is 0.368. The molecule has 4 nitrogen and oxygen atoms in total. The number of rotatable bonds is 5. The van der Waals surface area contributed by atoms with Crippen molar-refractivity contribution < 1.29 is 9.59 Å². The Kier molecular flexibility index (Phi) is 5.81. The number of carbonyl (C=O) groups is 2. The lowest BCUT2D eigenvalue weighted by Crippen LogP contribution is -2.24. The van der Waals surface area contributed by atoms with Crippen LogP contribution in [0, 0.1) is 0 Å². The predicted molar refractivity (Wildman–Crippen MR) is 104 cm³/mol. The van der Waals surface area contributed by atoms with Gasteiger partial charge in [-0.3, -0.25) is 9.59 Å². The van der Waals surface area contributed by atoms with E-state index < -0.39 is 5.91 Å². The number of hydrogen-bond acceptors (Lipinski definition) is 4. The molecule has 132 valence electrons. The predicted octanol–water partition coefficient (Wildman–Crippen LogP) is 4.24. The molecule has 0 bridgehead atoms. The summed E-state index contributed by atoms with van der Waals surface area (Å²) >= 11 is 3.01. The number of benzene rings is 1. The Morgan fingerprint density at radius 3 is 2.60 bits per heavy atom. The Morgan fingerprint density at radius 2 is 1.88 bits per heavy atom. The summed E-state index contributed by atoms with van der Waals surface area (Å²) in [4.78, 5) is 26.8. The number of aryl methyl sites for hydroxylation is 1. The van der Waals surface area contributed by atoms with Crippen molar-refractivity contribution in [2.75, 3.05) is 5.32 Å². The van der Waals surface area contributed by atoms with Crippen molar-refractivity contribution in [3.05, 3.63) is 46.3 Å². The van der Waals surface area contributed by atoms with Gasteiger partial charge in [0, 0.05) is 9.77 Å². The Hall–Kier alpha value is -1.79. The third-order valence-corrected chi connectivity index (χ3v) is 6.65. The smallest absolute Gasteiger partial charge is 0.251 e. The van der Waals surface area contributed by atoms with Crippen LogP contribution in [-0.4, -0.2) is 17.1 Å². The second kappa shape index (κ2) is 8.06. The monoisotopic (exact) mass is 374 g/mol. The number of carbonyl (C=O) groups excluding carboxylic acids is 2. The summed E-state index contributed by atoms with van der Waals surface area (Å²) in [6.45, 7) is 1.87. The zero-order valence-corrected chi connectivity index (χ0v) is 15.8. The van der Waals surface area contributed by atoms with E-state index in [4.69, 9.17) is 5.73 Å². The van der Waals surface area contributed by atoms with Gasteiger partial charge in [0.2, 0.25) is 5.91 Å². The van der Waals surface area contributed by atoms with E-state index in [9.17, 15) is 9.59 Å². The molecule has 0 fully saturated rings. The molecule has 1 aromatic carbocycles. The summed E-state index contributed by atoms with van der Waals surface area (Å²) in [6.07, 6.45) is 5.20. The number of anilines is 1. The van der Waals surface area contributed by atoms with Crippen molar-refractivity contribution in [1.29, 1.82) is 0 Å².